The molecule has 25 heavy (non-hydrogen) atoms. The summed E-state index contributed by atoms with van der Waals surface area (Å²) in [5.41, 5.74) is 1.36. The highest BCUT2D eigenvalue weighted by Crippen LogP contribution is 2.34. The smallest absolute Gasteiger partial charge is 0.325 e. The molecule has 1 spiro atoms. The van der Waals surface area contributed by atoms with Crippen LogP contribution in [0.15, 0.2) is 0 Å². The number of aryl methyl sites for hydroxylation is 2. The Labute approximate surface area is 147 Å². The minimum Gasteiger partial charge on any atom is -0.481 e. The lowest BCUT2D eigenvalue weighted by atomic mass is 9.98. The fourth-order valence-electron chi connectivity index (χ4n) is 3.91. The molecule has 3 rings (SSSR count). The molecule has 2 fully saturated rings. The Morgan fingerprint density at radius 2 is 2.04 bits per heavy atom. The quantitative estimate of drug-likeness (QED) is 0.568. The topological polar surface area (TPSA) is 88.5 Å². The molecule has 1 aliphatic heterocycles. The van der Waals surface area contributed by atoms with Gasteiger partial charge in [0.25, 0.3) is 5.91 Å². The number of carbonyl (C=O) groups is 2. The minimum atomic E-state index is -0.606. The van der Waals surface area contributed by atoms with E-state index in [4.69, 9.17) is 4.74 Å². The maximum absolute atomic E-state index is 12.6. The zero-order valence-corrected chi connectivity index (χ0v) is 15.2. The van der Waals surface area contributed by atoms with Crippen molar-refractivity contribution in [3.05, 3.63) is 11.3 Å². The number of aromatic nitrogens is 2. The lowest BCUT2D eigenvalue weighted by molar-refractivity contribution is -0.131. The predicted octanol–water partition coefficient (Wildman–Crippen LogP) is 1.08. The Hall–Kier alpha value is -2.09. The first kappa shape index (κ1) is 17.7. The summed E-state index contributed by atoms with van der Waals surface area (Å²) in [4.78, 5) is 26.0. The van der Waals surface area contributed by atoms with Crippen LogP contribution in [0.5, 0.6) is 5.88 Å². The summed E-state index contributed by atoms with van der Waals surface area (Å²) in [5, 5.41) is 10.6. The van der Waals surface area contributed by atoms with Gasteiger partial charge in [0.15, 0.2) is 0 Å². The van der Waals surface area contributed by atoms with Crippen LogP contribution in [0.1, 0.15) is 43.4 Å². The highest BCUT2D eigenvalue weighted by molar-refractivity contribution is 6.07. The zero-order valence-electron chi connectivity index (χ0n) is 15.2. The number of ether oxygens (including phenoxy) is 1. The van der Waals surface area contributed by atoms with Crippen molar-refractivity contribution in [2.24, 2.45) is 7.05 Å². The van der Waals surface area contributed by atoms with E-state index in [0.29, 0.717) is 19.6 Å². The number of urea groups is 1. The van der Waals surface area contributed by atoms with Gasteiger partial charge in [0.1, 0.15) is 5.54 Å². The molecular formula is C17H27N5O3. The van der Waals surface area contributed by atoms with E-state index in [-0.39, 0.29) is 11.9 Å². The van der Waals surface area contributed by atoms with Crippen molar-refractivity contribution in [2.75, 3.05) is 20.2 Å². The van der Waals surface area contributed by atoms with Gasteiger partial charge in [0.05, 0.1) is 18.4 Å². The zero-order chi connectivity index (χ0) is 18.0. The highest BCUT2D eigenvalue weighted by Gasteiger charge is 2.51. The molecule has 0 radical (unpaired) electrons. The van der Waals surface area contributed by atoms with Crippen molar-refractivity contribution < 1.29 is 14.3 Å². The van der Waals surface area contributed by atoms with Gasteiger partial charge in [-0.2, -0.15) is 5.10 Å². The third-order valence-electron chi connectivity index (χ3n) is 5.22. The number of methoxy groups -OCH3 is 1. The highest BCUT2D eigenvalue weighted by atomic mass is 16.5. The van der Waals surface area contributed by atoms with Gasteiger partial charge < -0.3 is 15.4 Å². The first-order valence-electron chi connectivity index (χ1n) is 8.90. The second-order valence-corrected chi connectivity index (χ2v) is 6.90. The van der Waals surface area contributed by atoms with E-state index in [9.17, 15) is 9.59 Å². The molecule has 0 aromatic carbocycles. The average molecular weight is 349 g/mol. The third kappa shape index (κ3) is 3.22. The van der Waals surface area contributed by atoms with Crippen LogP contribution in [-0.2, 0) is 18.4 Å². The molecule has 3 amide bonds. The molecule has 138 valence electrons. The number of carbonyl (C=O) groups excluding carboxylic acids is 2. The molecule has 0 bridgehead atoms. The van der Waals surface area contributed by atoms with Gasteiger partial charge >= 0.3 is 6.03 Å². The number of nitrogens with zero attached hydrogens (tertiary/aromatic N) is 3. The SMILES string of the molecule is COc1c(CNCCCN2C(=O)NC3(CCCC3)C2=O)c(C)nn1C. The van der Waals surface area contributed by atoms with Gasteiger partial charge in [0.2, 0.25) is 5.88 Å². The van der Waals surface area contributed by atoms with Crippen molar-refractivity contribution in [3.8, 4) is 5.88 Å². The van der Waals surface area contributed by atoms with Crippen molar-refractivity contribution in [1.82, 2.24) is 25.3 Å². The summed E-state index contributed by atoms with van der Waals surface area (Å²) < 4.78 is 7.09. The van der Waals surface area contributed by atoms with E-state index in [2.05, 4.69) is 15.7 Å². The van der Waals surface area contributed by atoms with E-state index in [1.54, 1.807) is 11.8 Å². The molecule has 2 heterocycles. The average Bonchev–Trinajstić information content (AvgIpc) is 3.21. The monoisotopic (exact) mass is 349 g/mol. The number of amides is 3. The first-order valence-corrected chi connectivity index (χ1v) is 8.90. The van der Waals surface area contributed by atoms with E-state index >= 15 is 0 Å². The molecule has 1 saturated heterocycles. The van der Waals surface area contributed by atoms with Crippen LogP contribution < -0.4 is 15.4 Å². The Morgan fingerprint density at radius 1 is 1.32 bits per heavy atom. The molecule has 2 aliphatic rings. The molecular weight excluding hydrogens is 322 g/mol. The summed E-state index contributed by atoms with van der Waals surface area (Å²) in [5.74, 6) is 0.710. The van der Waals surface area contributed by atoms with E-state index < -0.39 is 5.54 Å². The van der Waals surface area contributed by atoms with E-state index in [1.807, 2.05) is 14.0 Å². The van der Waals surface area contributed by atoms with Crippen molar-refractivity contribution >= 4 is 11.9 Å². The normalized spacial score (nSPS) is 19.1. The van der Waals surface area contributed by atoms with Crippen LogP contribution in [0.2, 0.25) is 0 Å². The second kappa shape index (κ2) is 7.03. The molecule has 1 saturated carbocycles. The maximum atomic E-state index is 12.6. The molecule has 1 aromatic heterocycles. The van der Waals surface area contributed by atoms with Crippen LogP contribution in [0.25, 0.3) is 0 Å². The summed E-state index contributed by atoms with van der Waals surface area (Å²) in [7, 11) is 3.49. The lowest BCUT2D eigenvalue weighted by Gasteiger charge is -2.20. The maximum Gasteiger partial charge on any atom is 0.325 e. The minimum absolute atomic E-state index is 0.0419. The predicted molar refractivity (Wildman–Crippen MR) is 92.3 cm³/mol. The molecule has 0 atom stereocenters. The summed E-state index contributed by atoms with van der Waals surface area (Å²) >= 11 is 0. The molecule has 0 unspecified atom stereocenters. The fourth-order valence-corrected chi connectivity index (χ4v) is 3.91. The molecule has 1 aliphatic carbocycles. The molecule has 8 heteroatoms. The van der Waals surface area contributed by atoms with Gasteiger partial charge in [-0.05, 0) is 32.7 Å². The lowest BCUT2D eigenvalue weighted by Crippen LogP contribution is -2.44. The van der Waals surface area contributed by atoms with Gasteiger partial charge in [-0.1, -0.05) is 12.8 Å². The Morgan fingerprint density at radius 3 is 2.72 bits per heavy atom. The second-order valence-electron chi connectivity index (χ2n) is 6.90. The van der Waals surface area contributed by atoms with Crippen molar-refractivity contribution in [3.63, 3.8) is 0 Å². The van der Waals surface area contributed by atoms with Crippen LogP contribution >= 0.6 is 0 Å². The van der Waals surface area contributed by atoms with Crippen LogP contribution in [0, 0.1) is 6.92 Å². The van der Waals surface area contributed by atoms with E-state index in [1.165, 1.54) is 4.90 Å². The largest absolute Gasteiger partial charge is 0.481 e. The molecule has 1 aromatic rings. The molecule has 8 nitrogen and oxygen atoms in total. The number of hydrogen-bond acceptors (Lipinski definition) is 5. The van der Waals surface area contributed by atoms with Gasteiger partial charge in [-0.15, -0.1) is 0 Å². The number of imide groups is 1. The molecule has 2 N–H and O–H groups in total. The van der Waals surface area contributed by atoms with Crippen molar-refractivity contribution in [2.45, 2.75) is 51.1 Å². The summed E-state index contributed by atoms with van der Waals surface area (Å²) in [6.07, 6.45) is 4.27. The third-order valence-corrected chi connectivity index (χ3v) is 5.22. The first-order chi connectivity index (χ1) is 12.0. The number of hydrogen-bond donors (Lipinski definition) is 2. The number of nitrogens with one attached hydrogen (secondary N) is 2. The fraction of sp³-hybridized carbons (Fsp3) is 0.706. The summed E-state index contributed by atoms with van der Waals surface area (Å²) in [6.45, 7) is 3.75. The van der Waals surface area contributed by atoms with Crippen molar-refractivity contribution in [1.29, 1.82) is 0 Å². The van der Waals surface area contributed by atoms with Gasteiger partial charge in [-0.3, -0.25) is 9.69 Å². The van der Waals surface area contributed by atoms with Crippen LogP contribution in [-0.4, -0.2) is 52.4 Å². The van der Waals surface area contributed by atoms with Gasteiger partial charge in [-0.25, -0.2) is 9.48 Å². The standard InChI is InChI=1S/C17H27N5O3/c1-12-13(14(25-3)21(2)20-12)11-18-9-6-10-22-15(23)17(19-16(22)24)7-4-5-8-17/h18H,4-11H2,1-3H3,(H,19,24). The van der Waals surface area contributed by atoms with E-state index in [0.717, 1.165) is 49.2 Å². The number of rotatable bonds is 7. The van der Waals surface area contributed by atoms with Crippen LogP contribution in [0.3, 0.4) is 0 Å². The van der Waals surface area contributed by atoms with Gasteiger partial charge in [0, 0.05) is 20.1 Å². The summed E-state index contributed by atoms with van der Waals surface area (Å²) in [6, 6.07) is -0.239. The Balaban J connectivity index is 1.46. The Kier molecular flexibility index (Phi) is 4.99. The van der Waals surface area contributed by atoms with Crippen LogP contribution in [0.4, 0.5) is 4.79 Å². The Bertz CT molecular complexity index is 663.